The van der Waals surface area contributed by atoms with E-state index < -0.39 is 11.9 Å². The van der Waals surface area contributed by atoms with Crippen LogP contribution in [0.5, 0.6) is 0 Å². The van der Waals surface area contributed by atoms with Crippen LogP contribution < -0.4 is 0 Å². The van der Waals surface area contributed by atoms with Crippen molar-refractivity contribution in [3.8, 4) is 34.4 Å². The lowest BCUT2D eigenvalue weighted by Crippen LogP contribution is -2.15. The Morgan fingerprint density at radius 1 is 0.553 bits per heavy atom. The first-order valence-electron chi connectivity index (χ1n) is 14.5. The molecule has 0 aromatic heterocycles. The van der Waals surface area contributed by atoms with Crippen molar-refractivity contribution in [3.63, 3.8) is 0 Å². The maximum atomic E-state index is 13.1. The molecule has 0 heterocycles. The first-order valence-corrected chi connectivity index (χ1v) is 14.5. The fourth-order valence-electron chi connectivity index (χ4n) is 6.00. The molecule has 2 aliphatic carbocycles. The Kier molecular flexibility index (Phi) is 8.41. The van der Waals surface area contributed by atoms with Crippen LogP contribution in [-0.2, 0) is 14.2 Å². The molecule has 9 nitrogen and oxygen atoms in total. The number of fused-ring (bicyclic) bond motifs is 6. The molecule has 0 saturated heterocycles. The zero-order valence-electron chi connectivity index (χ0n) is 24.7. The number of allylic oxidation sites excluding steroid dienone is 2. The fraction of sp³-hybridized carbons (Fsp3) is 0.105. The second-order valence-electron chi connectivity index (χ2n) is 10.3. The molecule has 0 radical (unpaired) electrons. The summed E-state index contributed by atoms with van der Waals surface area (Å²) < 4.78 is 16.5. The van der Waals surface area contributed by atoms with Crippen molar-refractivity contribution in [2.24, 2.45) is 0 Å². The third-order valence-electron chi connectivity index (χ3n) is 7.87. The Hall–Kier alpha value is -6.78. The number of esters is 2. The third-order valence-corrected chi connectivity index (χ3v) is 7.87. The standard InChI is InChI=1S/C38H22N4O5/c1-41-31(21-39)35-25-11-5-3-9-23(25)33-27(35)13-7-15-29(33)37(43)46-19-17-45-18-20-47-38(44)30-16-8-14-28-34(30)24-10-4-6-12-26(24)36(28)32(22-40)42-2/h3-16H,17-20H2. The van der Waals surface area contributed by atoms with Gasteiger partial charge in [0.05, 0.1) is 49.6 Å². The van der Waals surface area contributed by atoms with Crippen LogP contribution in [0.2, 0.25) is 0 Å². The van der Waals surface area contributed by atoms with Crippen LogP contribution in [0.25, 0.3) is 43.1 Å². The molecule has 0 spiro atoms. The van der Waals surface area contributed by atoms with Gasteiger partial charge in [0.1, 0.15) is 13.2 Å². The minimum absolute atomic E-state index is 0.0490. The normalized spacial score (nSPS) is 13.7. The molecule has 6 rings (SSSR count). The maximum Gasteiger partial charge on any atom is 0.338 e. The van der Waals surface area contributed by atoms with Gasteiger partial charge in [-0.2, -0.15) is 0 Å². The monoisotopic (exact) mass is 614 g/mol. The van der Waals surface area contributed by atoms with Crippen molar-refractivity contribution in [2.75, 3.05) is 26.4 Å². The lowest BCUT2D eigenvalue weighted by atomic mass is 9.99. The molecule has 0 saturated carbocycles. The van der Waals surface area contributed by atoms with Crippen molar-refractivity contribution >= 4 is 23.1 Å². The molecule has 0 fully saturated rings. The largest absolute Gasteiger partial charge is 0.460 e. The van der Waals surface area contributed by atoms with Crippen LogP contribution in [0.3, 0.4) is 0 Å². The average Bonchev–Trinajstić information content (AvgIpc) is 3.62. The first-order chi connectivity index (χ1) is 23.0. The number of rotatable bonds is 8. The van der Waals surface area contributed by atoms with E-state index >= 15 is 0 Å². The van der Waals surface area contributed by atoms with Crippen molar-refractivity contribution in [2.45, 2.75) is 0 Å². The molecular formula is C38H22N4O5. The van der Waals surface area contributed by atoms with E-state index in [0.29, 0.717) is 55.7 Å². The van der Waals surface area contributed by atoms with Crippen LogP contribution in [0, 0.1) is 35.8 Å². The van der Waals surface area contributed by atoms with Crippen LogP contribution in [0.15, 0.2) is 96.3 Å². The van der Waals surface area contributed by atoms with Crippen molar-refractivity contribution < 1.29 is 23.8 Å². The van der Waals surface area contributed by atoms with Gasteiger partial charge in [-0.25, -0.2) is 29.8 Å². The number of benzene rings is 4. The summed E-state index contributed by atoms with van der Waals surface area (Å²) in [6, 6.07) is 28.8. The second-order valence-corrected chi connectivity index (χ2v) is 10.3. The molecule has 0 bridgehead atoms. The minimum Gasteiger partial charge on any atom is -0.460 e. The van der Waals surface area contributed by atoms with Gasteiger partial charge >= 0.3 is 11.9 Å². The van der Waals surface area contributed by atoms with Gasteiger partial charge in [0.15, 0.2) is 0 Å². The molecule has 4 aromatic rings. The highest BCUT2D eigenvalue weighted by Crippen LogP contribution is 2.48. The van der Waals surface area contributed by atoms with Crippen LogP contribution in [0.4, 0.5) is 0 Å². The number of hydrogen-bond donors (Lipinski definition) is 0. The predicted octanol–water partition coefficient (Wildman–Crippen LogP) is 7.08. The quantitative estimate of drug-likeness (QED) is 0.0778. The molecule has 0 N–H and O–H groups in total. The van der Waals surface area contributed by atoms with E-state index in [1.54, 1.807) is 36.4 Å². The third kappa shape index (κ3) is 5.30. The van der Waals surface area contributed by atoms with Gasteiger partial charge in [0.25, 0.3) is 11.4 Å². The molecule has 4 aromatic carbocycles. The summed E-state index contributed by atoms with van der Waals surface area (Å²) in [5.41, 5.74) is 6.93. The van der Waals surface area contributed by atoms with E-state index in [0.717, 1.165) is 11.1 Å². The van der Waals surface area contributed by atoms with Gasteiger partial charge in [-0.1, -0.05) is 72.8 Å². The SMILES string of the molecule is [C-]#[N+]C(C#N)=C1c2ccccc2-c2c(C(=O)OCCOCCOC(=O)c3cccc4c3-c3ccccc3C4=C(C#N)[N+]#[C-])cccc21. The molecule has 224 valence electrons. The highest BCUT2D eigenvalue weighted by molar-refractivity contribution is 6.11. The maximum absolute atomic E-state index is 13.1. The molecule has 2 aliphatic rings. The molecular weight excluding hydrogens is 592 g/mol. The Morgan fingerprint density at radius 3 is 1.32 bits per heavy atom. The summed E-state index contributed by atoms with van der Waals surface area (Å²) in [4.78, 5) is 33.0. The molecule has 0 unspecified atom stereocenters. The smallest absolute Gasteiger partial charge is 0.338 e. The average molecular weight is 615 g/mol. The number of carbonyl (C=O) groups excluding carboxylic acids is 2. The Balaban J connectivity index is 1.07. The summed E-state index contributed by atoms with van der Waals surface area (Å²) in [5.74, 6) is -1.14. The highest BCUT2D eigenvalue weighted by Gasteiger charge is 2.31. The van der Waals surface area contributed by atoms with Gasteiger partial charge < -0.3 is 14.2 Å². The van der Waals surface area contributed by atoms with Gasteiger partial charge in [-0.05, 0) is 45.5 Å². The van der Waals surface area contributed by atoms with E-state index in [1.807, 2.05) is 60.7 Å². The summed E-state index contributed by atoms with van der Waals surface area (Å²) >= 11 is 0. The summed E-state index contributed by atoms with van der Waals surface area (Å²) in [5, 5.41) is 19.1. The molecule has 0 amide bonds. The van der Waals surface area contributed by atoms with Crippen molar-refractivity contribution in [3.05, 3.63) is 153 Å². The van der Waals surface area contributed by atoms with Gasteiger partial charge in [0.2, 0.25) is 0 Å². The lowest BCUT2D eigenvalue weighted by molar-refractivity contribution is 0.0152. The lowest BCUT2D eigenvalue weighted by Gasteiger charge is -2.11. The molecule has 0 atom stereocenters. The Morgan fingerprint density at radius 2 is 0.936 bits per heavy atom. The van der Waals surface area contributed by atoms with E-state index in [1.165, 1.54) is 0 Å². The summed E-state index contributed by atoms with van der Waals surface area (Å²) in [7, 11) is 0. The number of nitrogens with zero attached hydrogens (tertiary/aromatic N) is 4. The highest BCUT2D eigenvalue weighted by atomic mass is 16.6. The van der Waals surface area contributed by atoms with Gasteiger partial charge in [0, 0.05) is 22.3 Å². The zero-order valence-corrected chi connectivity index (χ0v) is 24.7. The van der Waals surface area contributed by atoms with E-state index in [4.69, 9.17) is 27.4 Å². The molecule has 47 heavy (non-hydrogen) atoms. The summed E-state index contributed by atoms with van der Waals surface area (Å²) in [6.07, 6.45) is 0. The van der Waals surface area contributed by atoms with Crippen molar-refractivity contribution in [1.82, 2.24) is 0 Å². The fourth-order valence-corrected chi connectivity index (χ4v) is 6.00. The molecule has 0 aliphatic heterocycles. The van der Waals surface area contributed by atoms with Gasteiger partial charge in [-0.3, -0.25) is 0 Å². The van der Waals surface area contributed by atoms with Crippen molar-refractivity contribution in [1.29, 1.82) is 10.5 Å². The summed E-state index contributed by atoms with van der Waals surface area (Å²) in [6.45, 7) is 14.9. The number of nitriles is 2. The van der Waals surface area contributed by atoms with E-state index in [2.05, 4.69) is 9.69 Å². The topological polar surface area (TPSA) is 118 Å². The van der Waals surface area contributed by atoms with Gasteiger partial charge in [-0.15, -0.1) is 0 Å². The van der Waals surface area contributed by atoms with Crippen LogP contribution in [-0.4, -0.2) is 38.4 Å². The number of hydrogen-bond acceptors (Lipinski definition) is 7. The predicted molar refractivity (Wildman–Crippen MR) is 172 cm³/mol. The first kappa shape index (κ1) is 30.3. The van der Waals surface area contributed by atoms with E-state index in [9.17, 15) is 20.1 Å². The Bertz CT molecular complexity index is 2030. The van der Waals surface area contributed by atoms with Crippen LogP contribution in [0.1, 0.15) is 43.0 Å². The molecule has 9 heteroatoms. The Labute approximate surface area is 270 Å². The zero-order chi connectivity index (χ0) is 32.9. The number of carbonyl (C=O) groups is 2. The second kappa shape index (κ2) is 13.1. The minimum atomic E-state index is -0.571. The van der Waals surface area contributed by atoms with E-state index in [-0.39, 0.29) is 37.8 Å². The number of ether oxygens (including phenoxy) is 3. The van der Waals surface area contributed by atoms with Crippen LogP contribution >= 0.6 is 0 Å².